The Morgan fingerprint density at radius 2 is 1.89 bits per heavy atom. The molecular formula is C13H15N3O3. The van der Waals surface area contributed by atoms with Gasteiger partial charge < -0.3 is 15.7 Å². The molecule has 6 nitrogen and oxygen atoms in total. The average Bonchev–Trinajstić information content (AvgIpc) is 2.41. The molecule has 0 aliphatic rings. The normalized spacial score (nSPS) is 9.42. The van der Waals surface area contributed by atoms with Gasteiger partial charge in [0.1, 0.15) is 0 Å². The lowest BCUT2D eigenvalue weighted by Gasteiger charge is -2.07. The third kappa shape index (κ3) is 6.07. The van der Waals surface area contributed by atoms with Crippen LogP contribution in [0.2, 0.25) is 0 Å². The smallest absolute Gasteiger partial charge is 0.315 e. The molecule has 0 unspecified atom stereocenters. The molecular weight excluding hydrogens is 246 g/mol. The van der Waals surface area contributed by atoms with E-state index in [4.69, 9.17) is 10.4 Å². The number of carboxylic acids is 1. The fourth-order valence-corrected chi connectivity index (χ4v) is 1.38. The van der Waals surface area contributed by atoms with Crippen LogP contribution in [0.5, 0.6) is 0 Å². The van der Waals surface area contributed by atoms with Gasteiger partial charge in [0.15, 0.2) is 0 Å². The Balaban J connectivity index is 2.22. The standard InChI is InChI=1S/C13H15N3O3/c14-8-10-3-5-11(6-4-10)9-16-13(19)15-7-1-2-12(17)18/h3-6H,1-2,7,9H2,(H,17,18)(H2,15,16,19). The molecule has 0 radical (unpaired) electrons. The lowest BCUT2D eigenvalue weighted by atomic mass is 10.1. The molecule has 0 bridgehead atoms. The zero-order chi connectivity index (χ0) is 14.1. The summed E-state index contributed by atoms with van der Waals surface area (Å²) in [5.74, 6) is -0.875. The highest BCUT2D eigenvalue weighted by Gasteiger charge is 2.01. The first-order chi connectivity index (χ1) is 9.11. The van der Waals surface area contributed by atoms with Crippen LogP contribution in [0.3, 0.4) is 0 Å². The molecule has 0 spiro atoms. The number of nitrogens with one attached hydrogen (secondary N) is 2. The van der Waals surface area contributed by atoms with Gasteiger partial charge in [-0.2, -0.15) is 5.26 Å². The Morgan fingerprint density at radius 3 is 2.47 bits per heavy atom. The van der Waals surface area contributed by atoms with Crippen molar-refractivity contribution in [1.82, 2.24) is 10.6 Å². The predicted molar refractivity (Wildman–Crippen MR) is 68.3 cm³/mol. The molecule has 0 aliphatic carbocycles. The molecule has 1 aromatic carbocycles. The van der Waals surface area contributed by atoms with Gasteiger partial charge in [0, 0.05) is 19.5 Å². The number of rotatable bonds is 6. The third-order valence-electron chi connectivity index (χ3n) is 2.39. The Kier molecular flexibility index (Phi) is 5.89. The van der Waals surface area contributed by atoms with Crippen molar-refractivity contribution in [3.05, 3.63) is 35.4 Å². The summed E-state index contributed by atoms with van der Waals surface area (Å²) in [6.07, 6.45) is 0.440. The van der Waals surface area contributed by atoms with Crippen LogP contribution in [0.1, 0.15) is 24.0 Å². The van der Waals surface area contributed by atoms with E-state index in [0.717, 1.165) is 5.56 Å². The monoisotopic (exact) mass is 261 g/mol. The Hall–Kier alpha value is -2.55. The minimum atomic E-state index is -0.875. The third-order valence-corrected chi connectivity index (χ3v) is 2.39. The largest absolute Gasteiger partial charge is 0.481 e. The number of hydrogen-bond donors (Lipinski definition) is 3. The fourth-order valence-electron chi connectivity index (χ4n) is 1.38. The number of benzene rings is 1. The van der Waals surface area contributed by atoms with Gasteiger partial charge in [-0.1, -0.05) is 12.1 Å². The van der Waals surface area contributed by atoms with Crippen molar-refractivity contribution in [2.75, 3.05) is 6.54 Å². The summed E-state index contributed by atoms with van der Waals surface area (Å²) in [4.78, 5) is 21.6. The van der Waals surface area contributed by atoms with Crippen LogP contribution in [-0.2, 0) is 11.3 Å². The van der Waals surface area contributed by atoms with Gasteiger partial charge in [0.25, 0.3) is 0 Å². The number of hydrogen-bond acceptors (Lipinski definition) is 3. The molecule has 0 saturated carbocycles. The molecule has 3 N–H and O–H groups in total. The van der Waals surface area contributed by atoms with Crippen molar-refractivity contribution in [3.63, 3.8) is 0 Å². The van der Waals surface area contributed by atoms with Gasteiger partial charge in [0.2, 0.25) is 0 Å². The van der Waals surface area contributed by atoms with E-state index in [-0.39, 0.29) is 12.5 Å². The molecule has 0 saturated heterocycles. The molecule has 0 aliphatic heterocycles. The van der Waals surface area contributed by atoms with E-state index in [0.29, 0.717) is 25.1 Å². The molecule has 19 heavy (non-hydrogen) atoms. The number of nitriles is 1. The van der Waals surface area contributed by atoms with Gasteiger partial charge in [-0.3, -0.25) is 4.79 Å². The van der Waals surface area contributed by atoms with Crippen molar-refractivity contribution < 1.29 is 14.7 Å². The molecule has 0 aromatic heterocycles. The minimum Gasteiger partial charge on any atom is -0.481 e. The van der Waals surface area contributed by atoms with Crippen LogP contribution in [-0.4, -0.2) is 23.7 Å². The molecule has 0 heterocycles. The van der Waals surface area contributed by atoms with Gasteiger partial charge in [-0.05, 0) is 24.1 Å². The zero-order valence-electron chi connectivity index (χ0n) is 10.3. The Labute approximate surface area is 111 Å². The highest BCUT2D eigenvalue weighted by atomic mass is 16.4. The van der Waals surface area contributed by atoms with E-state index in [1.807, 2.05) is 6.07 Å². The van der Waals surface area contributed by atoms with Crippen molar-refractivity contribution >= 4 is 12.0 Å². The van der Waals surface area contributed by atoms with Crippen LogP contribution in [0.15, 0.2) is 24.3 Å². The number of carboxylic acid groups (broad SMARTS) is 1. The predicted octanol–water partition coefficient (Wildman–Crippen LogP) is 1.22. The lowest BCUT2D eigenvalue weighted by Crippen LogP contribution is -2.35. The maximum Gasteiger partial charge on any atom is 0.315 e. The van der Waals surface area contributed by atoms with E-state index in [1.165, 1.54) is 0 Å². The molecule has 1 aromatic rings. The lowest BCUT2D eigenvalue weighted by molar-refractivity contribution is -0.137. The first-order valence-corrected chi connectivity index (χ1v) is 5.84. The molecule has 0 atom stereocenters. The summed E-state index contributed by atoms with van der Waals surface area (Å²) in [6.45, 7) is 0.683. The first kappa shape index (κ1) is 14.5. The molecule has 0 fully saturated rings. The molecule has 2 amide bonds. The van der Waals surface area contributed by atoms with E-state index in [9.17, 15) is 9.59 Å². The van der Waals surface area contributed by atoms with E-state index in [2.05, 4.69) is 10.6 Å². The van der Waals surface area contributed by atoms with Crippen LogP contribution < -0.4 is 10.6 Å². The quantitative estimate of drug-likeness (QED) is 0.670. The summed E-state index contributed by atoms with van der Waals surface area (Å²) >= 11 is 0. The van der Waals surface area contributed by atoms with Gasteiger partial charge in [0.05, 0.1) is 11.6 Å². The topological polar surface area (TPSA) is 102 Å². The second kappa shape index (κ2) is 7.71. The second-order valence-corrected chi connectivity index (χ2v) is 3.92. The number of carbonyl (C=O) groups excluding carboxylic acids is 1. The molecule has 1 rings (SSSR count). The number of carbonyl (C=O) groups is 2. The van der Waals surface area contributed by atoms with Crippen molar-refractivity contribution in [2.24, 2.45) is 0 Å². The summed E-state index contributed by atoms with van der Waals surface area (Å²) in [6, 6.07) is 8.58. The maximum absolute atomic E-state index is 11.4. The summed E-state index contributed by atoms with van der Waals surface area (Å²) < 4.78 is 0. The maximum atomic E-state index is 11.4. The van der Waals surface area contributed by atoms with E-state index < -0.39 is 5.97 Å². The van der Waals surface area contributed by atoms with E-state index in [1.54, 1.807) is 24.3 Å². The fraction of sp³-hybridized carbons (Fsp3) is 0.308. The summed E-state index contributed by atoms with van der Waals surface area (Å²) in [5.41, 5.74) is 1.46. The van der Waals surface area contributed by atoms with Crippen LogP contribution in [0.25, 0.3) is 0 Å². The van der Waals surface area contributed by atoms with Gasteiger partial charge >= 0.3 is 12.0 Å². The summed E-state index contributed by atoms with van der Waals surface area (Å²) in [5, 5.41) is 22.3. The average molecular weight is 261 g/mol. The first-order valence-electron chi connectivity index (χ1n) is 5.84. The van der Waals surface area contributed by atoms with Crippen LogP contribution in [0.4, 0.5) is 4.79 Å². The van der Waals surface area contributed by atoms with Crippen molar-refractivity contribution in [3.8, 4) is 6.07 Å². The number of nitrogens with zero attached hydrogens (tertiary/aromatic N) is 1. The number of aliphatic carboxylic acids is 1. The minimum absolute atomic E-state index is 0.0376. The molecule has 100 valence electrons. The zero-order valence-corrected chi connectivity index (χ0v) is 10.3. The highest BCUT2D eigenvalue weighted by molar-refractivity contribution is 5.73. The van der Waals surface area contributed by atoms with Gasteiger partial charge in [-0.15, -0.1) is 0 Å². The van der Waals surface area contributed by atoms with Crippen molar-refractivity contribution in [1.29, 1.82) is 5.26 Å². The SMILES string of the molecule is N#Cc1ccc(CNC(=O)NCCCC(=O)O)cc1. The van der Waals surface area contributed by atoms with Crippen LogP contribution in [0, 0.1) is 11.3 Å². The van der Waals surface area contributed by atoms with Gasteiger partial charge in [-0.25, -0.2) is 4.79 Å². The van der Waals surface area contributed by atoms with Crippen molar-refractivity contribution in [2.45, 2.75) is 19.4 Å². The number of urea groups is 1. The highest BCUT2D eigenvalue weighted by Crippen LogP contribution is 2.02. The molecule has 6 heteroatoms. The Bertz CT molecular complexity index is 477. The summed E-state index contributed by atoms with van der Waals surface area (Å²) in [7, 11) is 0. The Morgan fingerprint density at radius 1 is 1.21 bits per heavy atom. The van der Waals surface area contributed by atoms with Crippen LogP contribution >= 0.6 is 0 Å². The number of amides is 2. The van der Waals surface area contributed by atoms with E-state index >= 15 is 0 Å². The second-order valence-electron chi connectivity index (χ2n) is 3.92.